The SMILES string of the molecule is CN(C)c1ccc(N=Nc2ccc(N3C(=O)[C@H]4[C@H](CC=C5[C@H](C6=COc7ccc(O)cc7C6)[C@]6(Cl)C(=O)N(CBr)C(=O)[C@]6(Cl)C[C@H]54)C3=O)cc2)cc1. The largest absolute Gasteiger partial charge is 0.508 e. The molecule has 3 heterocycles. The number of phenols is 1. The summed E-state index contributed by atoms with van der Waals surface area (Å²) in [5.74, 6) is -4.70. The summed E-state index contributed by atoms with van der Waals surface area (Å²) in [5.41, 5.74) is 4.41. The van der Waals surface area contributed by atoms with Crippen LogP contribution in [0.2, 0.25) is 0 Å². The minimum Gasteiger partial charge on any atom is -0.508 e. The highest BCUT2D eigenvalue weighted by Crippen LogP contribution is 2.65. The van der Waals surface area contributed by atoms with Crippen molar-refractivity contribution >= 4 is 85.5 Å². The van der Waals surface area contributed by atoms with Crippen molar-refractivity contribution in [1.82, 2.24) is 4.90 Å². The van der Waals surface area contributed by atoms with Gasteiger partial charge >= 0.3 is 0 Å². The smallest absolute Gasteiger partial charge is 0.254 e. The third-order valence-corrected chi connectivity index (χ3v) is 12.8. The van der Waals surface area contributed by atoms with Crippen molar-refractivity contribution in [3.63, 3.8) is 0 Å². The number of halogens is 3. The van der Waals surface area contributed by atoms with Crippen LogP contribution in [0.15, 0.2) is 100 Å². The molecule has 0 bridgehead atoms. The number of phenolic OH excluding ortho intramolecular Hbond substituents is 1. The predicted octanol–water partition coefficient (Wildman–Crippen LogP) is 7.14. The Morgan fingerprint density at radius 1 is 0.923 bits per heavy atom. The quantitative estimate of drug-likeness (QED) is 0.0922. The second-order valence-corrected chi connectivity index (χ2v) is 15.6. The second kappa shape index (κ2) is 12.6. The van der Waals surface area contributed by atoms with Gasteiger partial charge in [0.15, 0.2) is 9.75 Å². The molecule has 3 aromatic rings. The number of rotatable bonds is 6. The molecular weight excluding hydrogens is 773 g/mol. The maximum atomic E-state index is 14.4. The molecular formula is C38H32BrCl2N5O6. The number of aromatic hydroxyl groups is 1. The van der Waals surface area contributed by atoms with Crippen LogP contribution in [0.1, 0.15) is 18.4 Å². The Labute approximate surface area is 317 Å². The number of imide groups is 2. The van der Waals surface area contributed by atoms with Crippen molar-refractivity contribution in [1.29, 1.82) is 0 Å². The Hall–Kier alpha value is -4.52. The number of benzene rings is 3. The number of likely N-dealkylation sites (tertiary alicyclic amines) is 1. The zero-order valence-corrected chi connectivity index (χ0v) is 31.1. The van der Waals surface area contributed by atoms with E-state index in [1.165, 1.54) is 17.2 Å². The van der Waals surface area contributed by atoms with Crippen LogP contribution in [0.25, 0.3) is 0 Å². The molecule has 52 heavy (non-hydrogen) atoms. The number of carbonyl (C=O) groups is 4. The first kappa shape index (κ1) is 34.6. The lowest BCUT2D eigenvalue weighted by Gasteiger charge is -2.51. The molecule has 0 radical (unpaired) electrons. The van der Waals surface area contributed by atoms with Gasteiger partial charge in [-0.1, -0.05) is 27.6 Å². The average Bonchev–Trinajstić information content (AvgIpc) is 3.47. The summed E-state index contributed by atoms with van der Waals surface area (Å²) in [5, 5.41) is 18.8. The van der Waals surface area contributed by atoms with Gasteiger partial charge in [0.2, 0.25) is 11.8 Å². The van der Waals surface area contributed by atoms with E-state index in [0.717, 1.165) is 10.6 Å². The summed E-state index contributed by atoms with van der Waals surface area (Å²) in [6.07, 6.45) is 3.75. The number of azo groups is 1. The van der Waals surface area contributed by atoms with Crippen molar-refractivity contribution in [3.05, 3.63) is 95.8 Å². The van der Waals surface area contributed by atoms with Gasteiger partial charge in [0, 0.05) is 37.7 Å². The lowest BCUT2D eigenvalue weighted by atomic mass is 9.56. The molecule has 1 saturated carbocycles. The van der Waals surface area contributed by atoms with E-state index < -0.39 is 51.1 Å². The molecule has 3 aromatic carbocycles. The van der Waals surface area contributed by atoms with Crippen LogP contribution in [0.5, 0.6) is 11.5 Å². The number of hydrogen-bond acceptors (Lipinski definition) is 9. The third-order valence-electron chi connectivity index (χ3n) is 10.9. The van der Waals surface area contributed by atoms with Crippen LogP contribution < -0.4 is 14.5 Å². The molecule has 266 valence electrons. The summed E-state index contributed by atoms with van der Waals surface area (Å²) in [6, 6.07) is 19.0. The lowest BCUT2D eigenvalue weighted by molar-refractivity contribution is -0.138. The van der Waals surface area contributed by atoms with Gasteiger partial charge in [-0.2, -0.15) is 10.2 Å². The maximum absolute atomic E-state index is 14.4. The summed E-state index contributed by atoms with van der Waals surface area (Å²) < 4.78 is 5.96. The number of ether oxygens (including phenoxy) is 1. The van der Waals surface area contributed by atoms with E-state index in [2.05, 4.69) is 26.2 Å². The maximum Gasteiger partial charge on any atom is 0.254 e. The fourth-order valence-corrected chi connectivity index (χ4v) is 9.86. The first-order valence-electron chi connectivity index (χ1n) is 16.7. The van der Waals surface area contributed by atoms with Gasteiger partial charge in [-0.05, 0) is 91.1 Å². The number of fused-ring (bicyclic) bond motifs is 5. The number of allylic oxidation sites excluding steroid dienone is 3. The molecule has 8 rings (SSSR count). The Morgan fingerprint density at radius 2 is 1.60 bits per heavy atom. The van der Waals surface area contributed by atoms with Gasteiger partial charge in [0.05, 0.1) is 40.6 Å². The summed E-state index contributed by atoms with van der Waals surface area (Å²) >= 11 is 18.0. The second-order valence-electron chi connectivity index (χ2n) is 13.9. The minimum atomic E-state index is -1.94. The van der Waals surface area contributed by atoms with E-state index in [9.17, 15) is 24.3 Å². The topological polar surface area (TPSA) is 132 Å². The van der Waals surface area contributed by atoms with Crippen molar-refractivity contribution in [2.24, 2.45) is 33.9 Å². The fourth-order valence-electron chi connectivity index (χ4n) is 8.42. The van der Waals surface area contributed by atoms with Crippen LogP contribution in [-0.4, -0.2) is 62.9 Å². The molecule has 14 heteroatoms. The highest BCUT2D eigenvalue weighted by molar-refractivity contribution is 9.09. The summed E-state index contributed by atoms with van der Waals surface area (Å²) in [6.45, 7) is 0. The molecule has 0 unspecified atom stereocenters. The molecule has 2 aliphatic carbocycles. The third kappa shape index (κ3) is 5.05. The molecule has 3 aliphatic heterocycles. The molecule has 5 aliphatic rings. The molecule has 4 amide bonds. The van der Waals surface area contributed by atoms with E-state index in [1.54, 1.807) is 36.4 Å². The first-order chi connectivity index (χ1) is 24.9. The van der Waals surface area contributed by atoms with Crippen LogP contribution >= 0.6 is 39.1 Å². The zero-order chi connectivity index (χ0) is 36.7. The Balaban J connectivity index is 1.12. The van der Waals surface area contributed by atoms with Crippen molar-refractivity contribution < 1.29 is 29.0 Å². The molecule has 3 fully saturated rings. The van der Waals surface area contributed by atoms with Crippen LogP contribution in [0.4, 0.5) is 22.7 Å². The van der Waals surface area contributed by atoms with Gasteiger partial charge in [0.25, 0.3) is 11.8 Å². The molecule has 0 aromatic heterocycles. The van der Waals surface area contributed by atoms with Gasteiger partial charge in [0.1, 0.15) is 11.5 Å². The number of amides is 4. The van der Waals surface area contributed by atoms with E-state index in [4.69, 9.17) is 27.9 Å². The zero-order valence-electron chi connectivity index (χ0n) is 28.0. The Morgan fingerprint density at radius 3 is 2.25 bits per heavy atom. The fraction of sp³-hybridized carbons (Fsp3) is 0.316. The van der Waals surface area contributed by atoms with E-state index in [0.29, 0.717) is 39.5 Å². The van der Waals surface area contributed by atoms with Crippen molar-refractivity contribution in [3.8, 4) is 11.5 Å². The van der Waals surface area contributed by atoms with Gasteiger partial charge < -0.3 is 14.7 Å². The van der Waals surface area contributed by atoms with E-state index in [-0.39, 0.29) is 36.4 Å². The Kier molecular flexibility index (Phi) is 8.35. The van der Waals surface area contributed by atoms with Crippen molar-refractivity contribution in [2.45, 2.75) is 29.0 Å². The van der Waals surface area contributed by atoms with Gasteiger partial charge in [-0.3, -0.25) is 29.0 Å². The van der Waals surface area contributed by atoms with E-state index in [1.807, 2.05) is 49.3 Å². The highest BCUT2D eigenvalue weighted by Gasteiger charge is 2.76. The number of carbonyl (C=O) groups excluding carboxylic acids is 4. The molecule has 11 nitrogen and oxygen atoms in total. The summed E-state index contributed by atoms with van der Waals surface area (Å²) in [7, 11) is 3.91. The monoisotopic (exact) mass is 803 g/mol. The average molecular weight is 806 g/mol. The summed E-state index contributed by atoms with van der Waals surface area (Å²) in [4.78, 5) is 56.8. The van der Waals surface area contributed by atoms with Crippen LogP contribution in [-0.2, 0) is 25.6 Å². The van der Waals surface area contributed by atoms with Crippen LogP contribution in [0, 0.1) is 23.7 Å². The predicted molar refractivity (Wildman–Crippen MR) is 198 cm³/mol. The normalized spacial score (nSPS) is 29.3. The lowest BCUT2D eigenvalue weighted by Crippen LogP contribution is -2.61. The Bertz CT molecular complexity index is 2140. The van der Waals surface area contributed by atoms with Gasteiger partial charge in [-0.25, -0.2) is 0 Å². The molecule has 0 spiro atoms. The standard InChI is InChI=1S/C38H32BrCl2N5O6/c1-44(2)24-7-3-22(4-8-24)42-43-23-5-9-25(10-6-23)46-33(48)28-13-12-27-29(31(28)34(46)49)17-37(40)35(50)45(19-39)36(51)38(37,41)32(27)21-15-20-16-26(47)11-14-30(20)52-18-21/h3-12,14,16,18,28-29,31-32,47H,13,15,17,19H2,1-2H3/t28-,29+,31-,32-,37+,38-/m0/s1. The number of anilines is 2. The van der Waals surface area contributed by atoms with E-state index >= 15 is 0 Å². The highest BCUT2D eigenvalue weighted by atomic mass is 79.9. The van der Waals surface area contributed by atoms with Crippen LogP contribution in [0.3, 0.4) is 0 Å². The number of alkyl halides is 3. The molecule has 6 atom stereocenters. The number of nitrogens with zero attached hydrogens (tertiary/aromatic N) is 5. The first-order valence-corrected chi connectivity index (χ1v) is 18.6. The molecule has 2 saturated heterocycles. The number of hydrogen-bond donors (Lipinski definition) is 1. The van der Waals surface area contributed by atoms with Crippen molar-refractivity contribution in [2.75, 3.05) is 29.3 Å². The van der Waals surface area contributed by atoms with Gasteiger partial charge in [-0.15, -0.1) is 23.2 Å². The molecule has 1 N–H and O–H groups in total. The minimum absolute atomic E-state index is 0.0378.